The molecule has 3 atom stereocenters. The fraction of sp³-hybridized carbons (Fsp3) is 0.320. The normalized spacial score (nSPS) is 25.2. The molecule has 0 saturated carbocycles. The summed E-state index contributed by atoms with van der Waals surface area (Å²) in [5.41, 5.74) is 4.68. The Bertz CT molecular complexity index is 1300. The molecular weight excluding hydrogens is 434 g/mol. The molecule has 1 aliphatic carbocycles. The van der Waals surface area contributed by atoms with Gasteiger partial charge in [-0.05, 0) is 55.3 Å². The Morgan fingerprint density at radius 2 is 1.94 bits per heavy atom. The molecule has 3 N–H and O–H groups in total. The number of fused-ring (bicyclic) bond motifs is 1. The largest absolute Gasteiger partial charge is 0.496 e. The Morgan fingerprint density at radius 3 is 2.58 bits per heavy atom. The molecule has 33 heavy (non-hydrogen) atoms. The standard InChI is InChI=1S/C25H23F4N3O/c1-14-8-15(12-30)9-20-17(14)11-21(32-20)18-6-7-23(2,13-24(18,31)25(27,28)29)19-10-16(26)4-5-22(19)33-3/h4-11,18,32H,13,31H2,1-3H3. The molecule has 3 unspecified atom stereocenters. The number of nitrogens with zero attached hydrogens (tertiary/aromatic N) is 1. The van der Waals surface area contributed by atoms with Gasteiger partial charge in [0.1, 0.15) is 17.1 Å². The van der Waals surface area contributed by atoms with Crippen molar-refractivity contribution in [1.29, 1.82) is 5.26 Å². The summed E-state index contributed by atoms with van der Waals surface area (Å²) in [5.74, 6) is -1.49. The predicted molar refractivity (Wildman–Crippen MR) is 118 cm³/mol. The number of aromatic nitrogens is 1. The third kappa shape index (κ3) is 3.66. The SMILES string of the molecule is COc1ccc(F)cc1C1(C)C=CC(c2cc3c(C)cc(C#N)cc3[nH]2)C(N)(C(F)(F)F)C1. The van der Waals surface area contributed by atoms with Gasteiger partial charge in [-0.25, -0.2) is 4.39 Å². The van der Waals surface area contributed by atoms with Crippen molar-refractivity contribution in [3.8, 4) is 11.8 Å². The fourth-order valence-corrected chi connectivity index (χ4v) is 4.90. The van der Waals surface area contributed by atoms with E-state index in [9.17, 15) is 22.8 Å². The van der Waals surface area contributed by atoms with E-state index in [0.29, 0.717) is 22.3 Å². The van der Waals surface area contributed by atoms with Crippen molar-refractivity contribution < 1.29 is 22.3 Å². The van der Waals surface area contributed by atoms with Crippen molar-refractivity contribution in [3.05, 3.63) is 76.8 Å². The molecule has 1 aliphatic rings. The van der Waals surface area contributed by atoms with Crippen molar-refractivity contribution in [1.82, 2.24) is 4.98 Å². The van der Waals surface area contributed by atoms with Gasteiger partial charge in [0.2, 0.25) is 0 Å². The highest BCUT2D eigenvalue weighted by Gasteiger charge is 2.61. The first kappa shape index (κ1) is 22.9. The minimum atomic E-state index is -4.76. The van der Waals surface area contributed by atoms with Crippen LogP contribution in [0.4, 0.5) is 17.6 Å². The van der Waals surface area contributed by atoms with Gasteiger partial charge >= 0.3 is 6.18 Å². The van der Waals surface area contributed by atoms with Crippen LogP contribution in [0.3, 0.4) is 0 Å². The van der Waals surface area contributed by atoms with Gasteiger partial charge in [0, 0.05) is 33.5 Å². The molecular formula is C25H23F4N3O. The average Bonchev–Trinajstić information content (AvgIpc) is 3.17. The third-order valence-electron chi connectivity index (χ3n) is 6.61. The minimum Gasteiger partial charge on any atom is -0.496 e. The molecule has 3 aromatic rings. The van der Waals surface area contributed by atoms with E-state index >= 15 is 0 Å². The molecule has 0 radical (unpaired) electrons. The number of nitriles is 1. The van der Waals surface area contributed by atoms with Gasteiger partial charge in [0.25, 0.3) is 0 Å². The van der Waals surface area contributed by atoms with Crippen LogP contribution < -0.4 is 10.5 Å². The number of aryl methyl sites for hydroxylation is 1. The predicted octanol–water partition coefficient (Wildman–Crippen LogP) is 5.76. The van der Waals surface area contributed by atoms with Crippen LogP contribution in [0.2, 0.25) is 0 Å². The maximum Gasteiger partial charge on any atom is 0.407 e. The molecule has 0 spiro atoms. The topological polar surface area (TPSA) is 74.8 Å². The fourth-order valence-electron chi connectivity index (χ4n) is 4.90. The molecule has 0 bridgehead atoms. The van der Waals surface area contributed by atoms with E-state index in [2.05, 4.69) is 11.1 Å². The van der Waals surface area contributed by atoms with E-state index < -0.39 is 35.3 Å². The zero-order valence-corrected chi connectivity index (χ0v) is 18.3. The number of nitrogens with two attached hydrogens (primary N) is 1. The molecule has 0 saturated heterocycles. The lowest BCUT2D eigenvalue weighted by Crippen LogP contribution is -2.61. The first-order valence-electron chi connectivity index (χ1n) is 10.3. The number of hydrogen-bond acceptors (Lipinski definition) is 3. The van der Waals surface area contributed by atoms with Crippen LogP contribution in [0.25, 0.3) is 10.9 Å². The Kier molecular flexibility index (Phi) is 5.29. The Balaban J connectivity index is 1.89. The molecule has 4 rings (SSSR count). The lowest BCUT2D eigenvalue weighted by molar-refractivity contribution is -0.196. The van der Waals surface area contributed by atoms with Gasteiger partial charge < -0.3 is 15.5 Å². The van der Waals surface area contributed by atoms with Crippen LogP contribution in [0.1, 0.15) is 41.6 Å². The van der Waals surface area contributed by atoms with Crippen LogP contribution in [-0.2, 0) is 5.41 Å². The van der Waals surface area contributed by atoms with E-state index in [0.717, 1.165) is 10.9 Å². The zero-order valence-electron chi connectivity index (χ0n) is 18.3. The number of aromatic amines is 1. The maximum atomic E-state index is 14.5. The number of alkyl halides is 3. The molecule has 1 aromatic heterocycles. The Morgan fingerprint density at radius 1 is 1.21 bits per heavy atom. The molecule has 0 fully saturated rings. The Labute approximate surface area is 188 Å². The van der Waals surface area contributed by atoms with Crippen LogP contribution >= 0.6 is 0 Å². The summed E-state index contributed by atoms with van der Waals surface area (Å²) in [7, 11) is 1.39. The summed E-state index contributed by atoms with van der Waals surface area (Å²) in [6, 6.07) is 10.8. The maximum absolute atomic E-state index is 14.5. The number of methoxy groups -OCH3 is 1. The molecule has 0 aliphatic heterocycles. The lowest BCUT2D eigenvalue weighted by atomic mass is 9.63. The average molecular weight is 457 g/mol. The summed E-state index contributed by atoms with van der Waals surface area (Å²) in [6.07, 6.45) is -2.19. The summed E-state index contributed by atoms with van der Waals surface area (Å²) < 4.78 is 62.9. The number of rotatable bonds is 3. The van der Waals surface area contributed by atoms with E-state index in [1.807, 2.05) is 0 Å². The van der Waals surface area contributed by atoms with Gasteiger partial charge in [0.15, 0.2) is 0 Å². The summed E-state index contributed by atoms with van der Waals surface area (Å²) in [5, 5.41) is 9.94. The highest BCUT2D eigenvalue weighted by atomic mass is 19.4. The van der Waals surface area contributed by atoms with Crippen molar-refractivity contribution >= 4 is 10.9 Å². The highest BCUT2D eigenvalue weighted by molar-refractivity contribution is 5.85. The number of H-pyrrole nitrogens is 1. The van der Waals surface area contributed by atoms with Crippen molar-refractivity contribution in [2.75, 3.05) is 7.11 Å². The van der Waals surface area contributed by atoms with Crippen molar-refractivity contribution in [2.24, 2.45) is 5.73 Å². The molecule has 4 nitrogen and oxygen atoms in total. The third-order valence-corrected chi connectivity index (χ3v) is 6.61. The first-order valence-corrected chi connectivity index (χ1v) is 10.3. The summed E-state index contributed by atoms with van der Waals surface area (Å²) >= 11 is 0. The van der Waals surface area contributed by atoms with Gasteiger partial charge in [-0.1, -0.05) is 19.1 Å². The second kappa shape index (κ2) is 7.63. The van der Waals surface area contributed by atoms with Gasteiger partial charge in [-0.2, -0.15) is 18.4 Å². The molecule has 8 heteroatoms. The van der Waals surface area contributed by atoms with Crippen LogP contribution in [-0.4, -0.2) is 23.8 Å². The Hall–Kier alpha value is -3.31. The smallest absolute Gasteiger partial charge is 0.407 e. The van der Waals surface area contributed by atoms with E-state index in [-0.39, 0.29) is 5.75 Å². The van der Waals surface area contributed by atoms with E-state index in [1.54, 1.807) is 38.1 Å². The van der Waals surface area contributed by atoms with Gasteiger partial charge in [0.05, 0.1) is 18.7 Å². The number of nitrogens with one attached hydrogen (secondary N) is 1. The van der Waals surface area contributed by atoms with Crippen molar-refractivity contribution in [2.45, 2.75) is 43.3 Å². The van der Waals surface area contributed by atoms with Gasteiger partial charge in [-0.15, -0.1) is 0 Å². The first-order chi connectivity index (χ1) is 15.4. The van der Waals surface area contributed by atoms with E-state index in [1.165, 1.54) is 31.4 Å². The van der Waals surface area contributed by atoms with Crippen LogP contribution in [0, 0.1) is 24.1 Å². The number of allylic oxidation sites excluding steroid dienone is 1. The zero-order chi connectivity index (χ0) is 24.2. The van der Waals surface area contributed by atoms with E-state index in [4.69, 9.17) is 10.5 Å². The molecule has 0 amide bonds. The number of halogens is 4. The molecule has 172 valence electrons. The summed E-state index contributed by atoms with van der Waals surface area (Å²) in [6.45, 7) is 3.39. The summed E-state index contributed by atoms with van der Waals surface area (Å²) in [4.78, 5) is 3.04. The van der Waals surface area contributed by atoms with Gasteiger partial charge in [-0.3, -0.25) is 0 Å². The number of benzene rings is 2. The van der Waals surface area contributed by atoms with Crippen LogP contribution in [0.5, 0.6) is 5.75 Å². The quantitative estimate of drug-likeness (QED) is 0.388. The lowest BCUT2D eigenvalue weighted by Gasteiger charge is -2.46. The monoisotopic (exact) mass is 457 g/mol. The number of ether oxygens (including phenoxy) is 1. The molecule has 2 aromatic carbocycles. The minimum absolute atomic E-state index is 0.289. The second-order valence-corrected chi connectivity index (χ2v) is 8.90. The van der Waals surface area contributed by atoms with Crippen molar-refractivity contribution in [3.63, 3.8) is 0 Å². The number of hydrogen-bond donors (Lipinski definition) is 2. The van der Waals surface area contributed by atoms with Crippen LogP contribution in [0.15, 0.2) is 48.6 Å². The molecule has 1 heterocycles. The highest BCUT2D eigenvalue weighted by Crippen LogP contribution is 2.53. The second-order valence-electron chi connectivity index (χ2n) is 8.90.